The van der Waals surface area contributed by atoms with E-state index in [-0.39, 0.29) is 13.2 Å². The smallest absolute Gasteiger partial charge is 0.394 e. The molecule has 0 aromatic rings. The summed E-state index contributed by atoms with van der Waals surface area (Å²) in [5, 5.41) is 8.86. The molecule has 1 aliphatic heterocycles. The van der Waals surface area contributed by atoms with E-state index in [9.17, 15) is 26.3 Å². The zero-order valence-electron chi connectivity index (χ0n) is 9.93. The SMILES string of the molecule is OCCO[C@H]1C[C@H]2[C@@H](Cl)[C@H]1NC2(C(F)(F)F)C(F)(F)F. The zero-order chi connectivity index (χ0) is 15.3. The average Bonchev–Trinajstić information content (AvgIpc) is 2.75. The predicted molar refractivity (Wildman–Crippen MR) is 56.3 cm³/mol. The molecule has 0 unspecified atom stereocenters. The number of rotatable bonds is 3. The minimum Gasteiger partial charge on any atom is -0.394 e. The van der Waals surface area contributed by atoms with E-state index in [1.54, 1.807) is 5.32 Å². The second-order valence-electron chi connectivity index (χ2n) is 4.89. The molecule has 1 heterocycles. The van der Waals surface area contributed by atoms with Gasteiger partial charge in [-0.1, -0.05) is 0 Å². The van der Waals surface area contributed by atoms with Gasteiger partial charge in [0, 0.05) is 5.92 Å². The Labute approximate surface area is 115 Å². The number of fused-ring (bicyclic) bond motifs is 2. The van der Waals surface area contributed by atoms with Crippen molar-refractivity contribution in [1.82, 2.24) is 5.32 Å². The maximum Gasteiger partial charge on any atom is 0.415 e. The largest absolute Gasteiger partial charge is 0.415 e. The summed E-state index contributed by atoms with van der Waals surface area (Å²) in [5.41, 5.74) is -3.99. The number of aliphatic hydroxyl groups is 1. The van der Waals surface area contributed by atoms with Crippen molar-refractivity contribution < 1.29 is 36.2 Å². The van der Waals surface area contributed by atoms with Gasteiger partial charge in [0.2, 0.25) is 5.54 Å². The van der Waals surface area contributed by atoms with Gasteiger partial charge in [0.05, 0.1) is 30.7 Å². The third-order valence-electron chi connectivity index (χ3n) is 3.88. The molecule has 0 amide bonds. The molecule has 0 aromatic carbocycles. The van der Waals surface area contributed by atoms with Crippen LogP contribution < -0.4 is 5.32 Å². The average molecular weight is 328 g/mol. The Kier molecular flexibility index (Phi) is 3.94. The lowest BCUT2D eigenvalue weighted by Gasteiger charge is -2.42. The van der Waals surface area contributed by atoms with Crippen molar-refractivity contribution in [2.75, 3.05) is 13.2 Å². The normalized spacial score (nSPS) is 36.6. The Morgan fingerprint density at radius 3 is 2.10 bits per heavy atom. The van der Waals surface area contributed by atoms with E-state index in [4.69, 9.17) is 21.4 Å². The predicted octanol–water partition coefficient (Wildman–Crippen LogP) is 1.83. The maximum atomic E-state index is 13.0. The van der Waals surface area contributed by atoms with Crippen molar-refractivity contribution in [3.63, 3.8) is 0 Å². The lowest BCUT2D eigenvalue weighted by atomic mass is 9.82. The molecule has 1 aliphatic carbocycles. The molecule has 2 N–H and O–H groups in total. The number of halogens is 7. The first-order valence-electron chi connectivity index (χ1n) is 5.84. The van der Waals surface area contributed by atoms with Gasteiger partial charge in [-0.2, -0.15) is 26.3 Å². The van der Waals surface area contributed by atoms with Crippen LogP contribution in [0.15, 0.2) is 0 Å². The minimum atomic E-state index is -5.50. The van der Waals surface area contributed by atoms with Crippen LogP contribution in [-0.2, 0) is 4.74 Å². The van der Waals surface area contributed by atoms with Crippen LogP contribution in [0.5, 0.6) is 0 Å². The second kappa shape index (κ2) is 4.89. The summed E-state index contributed by atoms with van der Waals surface area (Å²) in [6.45, 7) is -0.533. The molecule has 3 nitrogen and oxygen atoms in total. The van der Waals surface area contributed by atoms with Crippen LogP contribution in [-0.4, -0.2) is 53.7 Å². The van der Waals surface area contributed by atoms with E-state index < -0.39 is 47.8 Å². The van der Waals surface area contributed by atoms with Crippen LogP contribution in [0.4, 0.5) is 26.3 Å². The summed E-state index contributed by atoms with van der Waals surface area (Å²) in [6, 6.07) is -1.25. The Morgan fingerprint density at radius 1 is 1.20 bits per heavy atom. The van der Waals surface area contributed by atoms with Gasteiger partial charge < -0.3 is 9.84 Å². The van der Waals surface area contributed by atoms with Crippen LogP contribution in [0.1, 0.15) is 6.42 Å². The van der Waals surface area contributed by atoms with E-state index in [1.807, 2.05) is 0 Å². The fourth-order valence-electron chi connectivity index (χ4n) is 3.06. The molecule has 2 rings (SSSR count). The summed E-state index contributed by atoms with van der Waals surface area (Å²) in [7, 11) is 0. The monoisotopic (exact) mass is 327 g/mol. The maximum absolute atomic E-state index is 13.0. The highest BCUT2D eigenvalue weighted by molar-refractivity contribution is 6.22. The molecule has 2 bridgehead atoms. The lowest BCUT2D eigenvalue weighted by Crippen LogP contribution is -2.70. The van der Waals surface area contributed by atoms with Crippen molar-refractivity contribution in [2.24, 2.45) is 5.92 Å². The van der Waals surface area contributed by atoms with Gasteiger partial charge in [0.1, 0.15) is 0 Å². The molecular formula is C10H12ClF6NO2. The van der Waals surface area contributed by atoms with Gasteiger partial charge in [-0.15, -0.1) is 11.6 Å². The van der Waals surface area contributed by atoms with Gasteiger partial charge in [-0.25, -0.2) is 0 Å². The first kappa shape index (κ1) is 16.1. The van der Waals surface area contributed by atoms with Gasteiger partial charge in [0.25, 0.3) is 0 Å². The number of aliphatic hydroxyl groups excluding tert-OH is 1. The summed E-state index contributed by atoms with van der Waals surface area (Å²) in [5.74, 6) is -1.85. The molecular weight excluding hydrogens is 316 g/mol. The molecule has 118 valence electrons. The fraction of sp³-hybridized carbons (Fsp3) is 1.00. The Balaban J connectivity index is 2.29. The highest BCUT2D eigenvalue weighted by atomic mass is 35.5. The first-order valence-corrected chi connectivity index (χ1v) is 6.27. The highest BCUT2D eigenvalue weighted by Gasteiger charge is 2.81. The standard InChI is InChI=1S/C10H12ClF6NO2/c11-6-4-3-5(20-2-1-19)7(6)18-8(4,9(12,13)14)10(15,16)17/h4-7,18-19H,1-3H2/t4-,5-,6+,7-/m0/s1. The number of ether oxygens (including phenoxy) is 1. The number of nitrogens with one attached hydrogen (secondary N) is 1. The summed E-state index contributed by atoms with van der Waals surface area (Å²) in [6.07, 6.45) is -12.3. The number of alkyl halides is 7. The van der Waals surface area contributed by atoms with E-state index in [0.717, 1.165) is 0 Å². The molecule has 0 radical (unpaired) electrons. The van der Waals surface area contributed by atoms with Crippen LogP contribution in [0.25, 0.3) is 0 Å². The quantitative estimate of drug-likeness (QED) is 0.614. The van der Waals surface area contributed by atoms with Crippen molar-refractivity contribution >= 4 is 11.6 Å². The van der Waals surface area contributed by atoms with Crippen LogP contribution in [0.3, 0.4) is 0 Å². The van der Waals surface area contributed by atoms with E-state index in [1.165, 1.54) is 0 Å². The van der Waals surface area contributed by atoms with Crippen molar-refractivity contribution in [3.05, 3.63) is 0 Å². The van der Waals surface area contributed by atoms with Crippen molar-refractivity contribution in [3.8, 4) is 0 Å². The van der Waals surface area contributed by atoms with E-state index in [0.29, 0.717) is 0 Å². The van der Waals surface area contributed by atoms with Gasteiger partial charge in [-0.3, -0.25) is 5.32 Å². The van der Waals surface area contributed by atoms with Crippen LogP contribution in [0.2, 0.25) is 0 Å². The van der Waals surface area contributed by atoms with Crippen molar-refractivity contribution in [1.29, 1.82) is 0 Å². The molecule has 4 atom stereocenters. The van der Waals surface area contributed by atoms with E-state index in [2.05, 4.69) is 0 Å². The molecule has 2 fully saturated rings. The highest BCUT2D eigenvalue weighted by Crippen LogP contribution is 2.58. The summed E-state index contributed by atoms with van der Waals surface area (Å²) in [4.78, 5) is 0. The fourth-order valence-corrected chi connectivity index (χ4v) is 3.58. The number of piperidine rings is 1. The Morgan fingerprint density at radius 2 is 1.75 bits per heavy atom. The molecule has 0 spiro atoms. The minimum absolute atomic E-state index is 0.162. The number of hydrogen-bond acceptors (Lipinski definition) is 3. The van der Waals surface area contributed by atoms with Crippen LogP contribution in [0, 0.1) is 5.92 Å². The zero-order valence-corrected chi connectivity index (χ0v) is 10.7. The molecule has 2 aliphatic rings. The van der Waals surface area contributed by atoms with Gasteiger partial charge in [-0.05, 0) is 6.42 Å². The molecule has 10 heteroatoms. The van der Waals surface area contributed by atoms with Gasteiger partial charge in [0.15, 0.2) is 0 Å². The van der Waals surface area contributed by atoms with Crippen LogP contribution >= 0.6 is 11.6 Å². The van der Waals surface area contributed by atoms with Gasteiger partial charge >= 0.3 is 12.4 Å². The summed E-state index contributed by atoms with van der Waals surface area (Å²) < 4.78 is 83.0. The molecule has 0 aromatic heterocycles. The Bertz CT molecular complexity index is 360. The first-order chi connectivity index (χ1) is 9.06. The molecule has 1 saturated heterocycles. The molecule has 20 heavy (non-hydrogen) atoms. The summed E-state index contributed by atoms with van der Waals surface area (Å²) >= 11 is 5.74. The molecule has 1 saturated carbocycles. The Hall–Kier alpha value is -0.250. The van der Waals surface area contributed by atoms with E-state index >= 15 is 0 Å². The topological polar surface area (TPSA) is 41.5 Å². The third kappa shape index (κ3) is 2.10. The second-order valence-corrected chi connectivity index (χ2v) is 5.40. The lowest BCUT2D eigenvalue weighted by molar-refractivity contribution is -0.321. The third-order valence-corrected chi connectivity index (χ3v) is 4.46. The van der Waals surface area contributed by atoms with Crippen molar-refractivity contribution in [2.45, 2.75) is 41.8 Å². The number of hydrogen-bond donors (Lipinski definition) is 2.